The first-order valence-electron chi connectivity index (χ1n) is 4.81. The van der Waals surface area contributed by atoms with E-state index in [0.29, 0.717) is 0 Å². The third-order valence-corrected chi connectivity index (χ3v) is 2.17. The molecule has 0 aromatic carbocycles. The molecule has 7 nitrogen and oxygen atoms in total. The summed E-state index contributed by atoms with van der Waals surface area (Å²) < 4.78 is 0. The summed E-state index contributed by atoms with van der Waals surface area (Å²) >= 11 is 0. The van der Waals surface area contributed by atoms with Crippen LogP contribution in [0.3, 0.4) is 0 Å². The summed E-state index contributed by atoms with van der Waals surface area (Å²) in [6.45, 7) is 0.398. The maximum Gasteiger partial charge on any atom is 0.132 e. The van der Waals surface area contributed by atoms with E-state index in [1.54, 1.807) is 0 Å². The lowest BCUT2D eigenvalue weighted by Crippen LogP contribution is -2.50. The highest BCUT2D eigenvalue weighted by Crippen LogP contribution is 2.10. The Morgan fingerprint density at radius 1 is 0.938 bits per heavy atom. The van der Waals surface area contributed by atoms with E-state index in [1.165, 1.54) is 6.92 Å². The van der Waals surface area contributed by atoms with Crippen LogP contribution in [0.5, 0.6) is 0 Å². The topological polar surface area (TPSA) is 138 Å². The van der Waals surface area contributed by atoms with Gasteiger partial charge in [-0.15, -0.1) is 0 Å². The molecule has 0 saturated carbocycles. The molecule has 0 amide bonds. The first-order chi connectivity index (χ1) is 7.31. The molecule has 0 aromatic rings. The summed E-state index contributed by atoms with van der Waals surface area (Å²) in [7, 11) is 0. The van der Waals surface area contributed by atoms with Crippen molar-refractivity contribution >= 4 is 5.78 Å². The molecule has 0 aliphatic heterocycles. The van der Waals surface area contributed by atoms with E-state index in [2.05, 4.69) is 0 Å². The number of hydrogen-bond acceptors (Lipinski definition) is 7. The summed E-state index contributed by atoms with van der Waals surface area (Å²) in [6.07, 6.45) is -8.97. The molecule has 0 saturated heterocycles. The number of hydrogen-bond donors (Lipinski definition) is 6. The summed E-state index contributed by atoms with van der Waals surface area (Å²) in [5, 5.41) is 54.7. The van der Waals surface area contributed by atoms with Crippen molar-refractivity contribution in [3.63, 3.8) is 0 Å². The van der Waals surface area contributed by atoms with E-state index < -0.39 is 42.9 Å². The SMILES string of the molecule is CC(=O)CC(O)[C@H](O)[C@@H](O)[C@H](O)[C@H](O)CO. The zero-order valence-electron chi connectivity index (χ0n) is 8.89. The van der Waals surface area contributed by atoms with Crippen molar-refractivity contribution in [3.05, 3.63) is 0 Å². The maximum atomic E-state index is 10.6. The van der Waals surface area contributed by atoms with Crippen molar-refractivity contribution in [1.29, 1.82) is 0 Å². The minimum absolute atomic E-state index is 0.375. The Morgan fingerprint density at radius 3 is 1.75 bits per heavy atom. The zero-order valence-corrected chi connectivity index (χ0v) is 8.89. The predicted octanol–water partition coefficient (Wildman–Crippen LogP) is -3.24. The smallest absolute Gasteiger partial charge is 0.132 e. The van der Waals surface area contributed by atoms with E-state index in [0.717, 1.165) is 0 Å². The van der Waals surface area contributed by atoms with Gasteiger partial charge in [-0.3, -0.25) is 4.79 Å². The van der Waals surface area contributed by atoms with Gasteiger partial charge in [0.25, 0.3) is 0 Å². The zero-order chi connectivity index (χ0) is 12.9. The van der Waals surface area contributed by atoms with Gasteiger partial charge in [-0.05, 0) is 6.92 Å². The van der Waals surface area contributed by atoms with Crippen molar-refractivity contribution in [2.45, 2.75) is 43.9 Å². The second kappa shape index (κ2) is 6.89. The Labute approximate surface area is 92.6 Å². The molecule has 0 rings (SSSR count). The molecular formula is C9H18O7. The summed E-state index contributed by atoms with van der Waals surface area (Å²) in [5.41, 5.74) is 0. The van der Waals surface area contributed by atoms with Gasteiger partial charge in [-0.2, -0.15) is 0 Å². The minimum Gasteiger partial charge on any atom is -0.394 e. The van der Waals surface area contributed by atoms with Gasteiger partial charge in [0.15, 0.2) is 0 Å². The molecule has 1 unspecified atom stereocenters. The fourth-order valence-electron chi connectivity index (χ4n) is 1.18. The second-order valence-electron chi connectivity index (χ2n) is 3.70. The van der Waals surface area contributed by atoms with Gasteiger partial charge in [-0.25, -0.2) is 0 Å². The monoisotopic (exact) mass is 238 g/mol. The van der Waals surface area contributed by atoms with Crippen LogP contribution in [-0.4, -0.2) is 73.5 Å². The fraction of sp³-hybridized carbons (Fsp3) is 0.889. The predicted molar refractivity (Wildman–Crippen MR) is 52.4 cm³/mol. The summed E-state index contributed by atoms with van der Waals surface area (Å²) in [5.74, 6) is -0.393. The quantitative estimate of drug-likeness (QED) is 0.274. The average molecular weight is 238 g/mol. The molecule has 0 bridgehead atoms. The van der Waals surface area contributed by atoms with Gasteiger partial charge in [-0.1, -0.05) is 0 Å². The van der Waals surface area contributed by atoms with Crippen molar-refractivity contribution < 1.29 is 35.4 Å². The van der Waals surface area contributed by atoms with Gasteiger partial charge in [0.1, 0.15) is 30.2 Å². The Morgan fingerprint density at radius 2 is 1.38 bits per heavy atom. The van der Waals surface area contributed by atoms with E-state index in [1.807, 2.05) is 0 Å². The highest BCUT2D eigenvalue weighted by atomic mass is 16.4. The normalized spacial score (nSPS) is 20.9. The molecule has 0 spiro atoms. The van der Waals surface area contributed by atoms with Crippen LogP contribution in [0.4, 0.5) is 0 Å². The Bertz CT molecular complexity index is 220. The van der Waals surface area contributed by atoms with Crippen LogP contribution in [0.1, 0.15) is 13.3 Å². The van der Waals surface area contributed by atoms with E-state index >= 15 is 0 Å². The van der Waals surface area contributed by atoms with E-state index in [-0.39, 0.29) is 6.42 Å². The third kappa shape index (κ3) is 4.52. The van der Waals surface area contributed by atoms with Crippen molar-refractivity contribution in [2.24, 2.45) is 0 Å². The number of Topliss-reactive ketones (excluding diaryl/α,β-unsaturated/α-hetero) is 1. The Balaban J connectivity index is 4.35. The first-order valence-corrected chi connectivity index (χ1v) is 4.81. The van der Waals surface area contributed by atoms with Crippen LogP contribution >= 0.6 is 0 Å². The number of ketones is 1. The van der Waals surface area contributed by atoms with Crippen molar-refractivity contribution in [1.82, 2.24) is 0 Å². The first kappa shape index (κ1) is 15.4. The molecule has 0 aromatic heterocycles. The summed E-state index contributed by atoms with van der Waals surface area (Å²) in [4.78, 5) is 10.6. The van der Waals surface area contributed by atoms with Gasteiger partial charge in [0, 0.05) is 6.42 Å². The lowest BCUT2D eigenvalue weighted by atomic mass is 9.97. The largest absolute Gasteiger partial charge is 0.394 e. The lowest BCUT2D eigenvalue weighted by Gasteiger charge is -2.28. The van der Waals surface area contributed by atoms with Gasteiger partial charge in [0.05, 0.1) is 12.7 Å². The minimum atomic E-state index is -1.85. The maximum absolute atomic E-state index is 10.6. The Hall–Kier alpha value is -0.570. The lowest BCUT2D eigenvalue weighted by molar-refractivity contribution is -0.145. The van der Waals surface area contributed by atoms with Gasteiger partial charge >= 0.3 is 0 Å². The average Bonchev–Trinajstić information content (AvgIpc) is 2.23. The number of carbonyl (C=O) groups is 1. The van der Waals surface area contributed by atoms with Crippen LogP contribution in [0.25, 0.3) is 0 Å². The second-order valence-corrected chi connectivity index (χ2v) is 3.70. The van der Waals surface area contributed by atoms with E-state index in [4.69, 9.17) is 10.2 Å². The van der Waals surface area contributed by atoms with Crippen LogP contribution in [0.15, 0.2) is 0 Å². The molecule has 0 aliphatic carbocycles. The van der Waals surface area contributed by atoms with Crippen LogP contribution in [0, 0.1) is 0 Å². The molecule has 0 heterocycles. The molecule has 6 N–H and O–H groups in total. The molecule has 7 heteroatoms. The summed E-state index contributed by atoms with van der Waals surface area (Å²) in [6, 6.07) is 0. The van der Waals surface area contributed by atoms with Crippen LogP contribution in [-0.2, 0) is 4.79 Å². The van der Waals surface area contributed by atoms with Crippen molar-refractivity contribution in [3.8, 4) is 0 Å². The highest BCUT2D eigenvalue weighted by molar-refractivity contribution is 5.76. The fourth-order valence-corrected chi connectivity index (χ4v) is 1.18. The molecule has 96 valence electrons. The number of rotatable bonds is 7. The highest BCUT2D eigenvalue weighted by Gasteiger charge is 2.34. The third-order valence-electron chi connectivity index (χ3n) is 2.17. The molecule has 5 atom stereocenters. The molecular weight excluding hydrogens is 220 g/mol. The molecule has 0 aliphatic rings. The number of carbonyl (C=O) groups excluding carboxylic acids is 1. The molecule has 16 heavy (non-hydrogen) atoms. The standard InChI is InChI=1S/C9H18O7/c1-4(11)2-5(12)7(14)9(16)8(15)6(13)3-10/h5-10,12-16H,2-3H2,1H3/t5?,6-,7+,8-,9-/m1/s1. The van der Waals surface area contributed by atoms with E-state index in [9.17, 15) is 25.2 Å². The van der Waals surface area contributed by atoms with Crippen molar-refractivity contribution in [2.75, 3.05) is 6.61 Å². The Kier molecular flexibility index (Phi) is 6.65. The molecule has 0 fully saturated rings. The van der Waals surface area contributed by atoms with Crippen LogP contribution < -0.4 is 0 Å². The number of aliphatic hydroxyl groups excluding tert-OH is 6. The van der Waals surface area contributed by atoms with Gasteiger partial charge < -0.3 is 30.6 Å². The van der Waals surface area contributed by atoms with Gasteiger partial charge in [0.2, 0.25) is 0 Å². The molecule has 0 radical (unpaired) electrons. The number of aliphatic hydroxyl groups is 6. The van der Waals surface area contributed by atoms with Crippen LogP contribution in [0.2, 0.25) is 0 Å².